The first kappa shape index (κ1) is 106. The molecule has 19 heteroatoms. The van der Waals surface area contributed by atoms with Gasteiger partial charge in [0.15, 0.2) is 12.2 Å². The minimum Gasteiger partial charge on any atom is -0.462 e. The van der Waals surface area contributed by atoms with Gasteiger partial charge in [-0.2, -0.15) is 0 Å². The van der Waals surface area contributed by atoms with Gasteiger partial charge in [0, 0.05) is 25.7 Å². The van der Waals surface area contributed by atoms with Gasteiger partial charge in [-0.3, -0.25) is 37.3 Å². The van der Waals surface area contributed by atoms with Gasteiger partial charge in [-0.25, -0.2) is 9.13 Å². The van der Waals surface area contributed by atoms with Crippen LogP contribution in [0.2, 0.25) is 0 Å². The van der Waals surface area contributed by atoms with Gasteiger partial charge in [0.2, 0.25) is 0 Å². The lowest BCUT2D eigenvalue weighted by molar-refractivity contribution is -0.161. The topological polar surface area (TPSA) is 237 Å². The average molecular weight is 1570 g/mol. The van der Waals surface area contributed by atoms with Crippen molar-refractivity contribution >= 4 is 39.5 Å². The van der Waals surface area contributed by atoms with Crippen molar-refractivity contribution < 1.29 is 80.2 Å². The summed E-state index contributed by atoms with van der Waals surface area (Å²) < 4.78 is 69.0. The minimum atomic E-state index is -4.97. The Morgan fingerprint density at radius 2 is 0.500 bits per heavy atom. The third-order valence-electron chi connectivity index (χ3n) is 20.4. The number of esters is 4. The number of phosphoric ester groups is 2. The van der Waals surface area contributed by atoms with Gasteiger partial charge in [-0.15, -0.1) is 0 Å². The number of hydrogen-bond donors (Lipinski definition) is 3. The molecule has 0 fully saturated rings. The van der Waals surface area contributed by atoms with Crippen LogP contribution in [0.25, 0.3) is 0 Å². The summed E-state index contributed by atoms with van der Waals surface area (Å²) >= 11 is 0. The fourth-order valence-corrected chi connectivity index (χ4v) is 15.0. The first-order chi connectivity index (χ1) is 52.5. The van der Waals surface area contributed by atoms with Crippen LogP contribution in [0.3, 0.4) is 0 Å². The van der Waals surface area contributed by atoms with Crippen molar-refractivity contribution in [3.8, 4) is 0 Å². The lowest BCUT2D eigenvalue weighted by Crippen LogP contribution is -2.30. The number of phosphoric acid groups is 2. The molecule has 108 heavy (non-hydrogen) atoms. The molecule has 0 saturated carbocycles. The molecule has 0 aliphatic heterocycles. The fraction of sp³-hybridized carbons (Fsp3) is 0.910. The van der Waals surface area contributed by atoms with E-state index >= 15 is 0 Å². The second-order valence-electron chi connectivity index (χ2n) is 31.8. The van der Waals surface area contributed by atoms with Crippen LogP contribution in [-0.4, -0.2) is 96.7 Å². The maximum atomic E-state index is 13.2. The zero-order chi connectivity index (χ0) is 79.0. The van der Waals surface area contributed by atoms with Gasteiger partial charge in [-0.1, -0.05) is 406 Å². The van der Waals surface area contributed by atoms with Crippen molar-refractivity contribution in [1.82, 2.24) is 0 Å². The molecule has 0 bridgehead atoms. The van der Waals surface area contributed by atoms with E-state index in [2.05, 4.69) is 58.9 Å². The predicted octanol–water partition coefficient (Wildman–Crippen LogP) is 27.1. The summed E-state index contributed by atoms with van der Waals surface area (Å²) in [6, 6.07) is 0. The molecule has 0 aliphatic carbocycles. The summed E-state index contributed by atoms with van der Waals surface area (Å²) in [6.45, 7) is 7.35. The Balaban J connectivity index is 5.28. The van der Waals surface area contributed by atoms with E-state index in [4.69, 9.17) is 37.0 Å². The zero-order valence-corrected chi connectivity index (χ0v) is 72.3. The Kier molecular flexibility index (Phi) is 79.3. The monoisotopic (exact) mass is 1570 g/mol. The Bertz CT molecular complexity index is 2140. The number of aliphatic hydroxyl groups is 1. The van der Waals surface area contributed by atoms with Crippen LogP contribution in [-0.2, 0) is 65.4 Å². The largest absolute Gasteiger partial charge is 0.472 e. The van der Waals surface area contributed by atoms with E-state index < -0.39 is 97.5 Å². The quantitative estimate of drug-likeness (QED) is 0.0169. The lowest BCUT2D eigenvalue weighted by Gasteiger charge is -2.21. The van der Waals surface area contributed by atoms with E-state index in [1.165, 1.54) is 270 Å². The van der Waals surface area contributed by atoms with Crippen LogP contribution in [0.4, 0.5) is 0 Å². The van der Waals surface area contributed by atoms with Crippen LogP contribution < -0.4 is 0 Å². The van der Waals surface area contributed by atoms with Gasteiger partial charge < -0.3 is 33.8 Å². The summed E-state index contributed by atoms with van der Waals surface area (Å²) in [6.07, 6.45) is 78.6. The second kappa shape index (κ2) is 81.1. The highest BCUT2D eigenvalue weighted by atomic mass is 31.2. The standard InChI is InChI=1S/C89H170O17P2/c1-6-9-12-15-18-21-24-27-29-30-31-32-33-34-40-45-50-55-60-65-70-75-89(94)106-85(79-100-87(92)73-68-63-58-53-48-43-39-36-35-38-42-46-51-56-61-66-71-82(4)5)81-104-108(97,98)102-77-83(90)76-101-107(95,96)103-80-84(78-99-86(91)72-67-62-57-52-47-41-26-23-20-17-14-11-8-3)105-88(93)74-69-64-59-54-49-44-37-28-25-22-19-16-13-10-7-2/h22,25,28,37,82-85,90H,6-21,23-24,26-27,29-36,38-81H2,1-5H3,(H,95,96)(H,97,98)/b25-22-,37-28-/t83-,84+,85+/m0/s1. The highest BCUT2D eigenvalue weighted by molar-refractivity contribution is 7.47. The number of aliphatic hydroxyl groups excluding tert-OH is 1. The molecule has 0 aromatic carbocycles. The maximum Gasteiger partial charge on any atom is 0.472 e. The van der Waals surface area contributed by atoms with Gasteiger partial charge in [-0.05, 0) is 57.3 Å². The molecule has 5 atom stereocenters. The molecule has 638 valence electrons. The summed E-state index contributed by atoms with van der Waals surface area (Å²) in [7, 11) is -9.94. The fourth-order valence-electron chi connectivity index (χ4n) is 13.5. The molecular formula is C89H170O17P2. The SMILES string of the molecule is CCCCCC/C=C\C=C/CCCCCCCC(=O)O[C@H](COC(=O)CCCCCCCCCCCCCCC)COP(=O)(O)OC[C@H](O)COP(=O)(O)OC[C@@H](COC(=O)CCCCCCCCCCCCCCCCCCC(C)C)OC(=O)CCCCCCCCCCCCCCCCCCCCCCC. The van der Waals surface area contributed by atoms with Crippen molar-refractivity contribution in [1.29, 1.82) is 0 Å². The number of allylic oxidation sites excluding steroid dienone is 4. The van der Waals surface area contributed by atoms with E-state index in [0.29, 0.717) is 25.7 Å². The van der Waals surface area contributed by atoms with E-state index in [1.807, 2.05) is 0 Å². The molecule has 0 rings (SSSR count). The van der Waals surface area contributed by atoms with E-state index in [1.54, 1.807) is 0 Å². The molecule has 0 radical (unpaired) electrons. The number of carbonyl (C=O) groups excluding carboxylic acids is 4. The molecule has 0 saturated heterocycles. The zero-order valence-electron chi connectivity index (χ0n) is 70.5. The van der Waals surface area contributed by atoms with Gasteiger partial charge in [0.1, 0.15) is 19.3 Å². The van der Waals surface area contributed by atoms with Crippen molar-refractivity contribution in [3.05, 3.63) is 24.3 Å². The average Bonchev–Trinajstić information content (AvgIpc) is 0.927. The Hall–Kier alpha value is -2.46. The maximum absolute atomic E-state index is 13.2. The van der Waals surface area contributed by atoms with Crippen molar-refractivity contribution in [2.75, 3.05) is 39.6 Å². The van der Waals surface area contributed by atoms with Crippen LogP contribution in [0.1, 0.15) is 458 Å². The molecule has 0 aromatic rings. The highest BCUT2D eigenvalue weighted by Crippen LogP contribution is 2.45. The molecule has 0 spiro atoms. The minimum absolute atomic E-state index is 0.0860. The van der Waals surface area contributed by atoms with Crippen molar-refractivity contribution in [2.24, 2.45) is 5.92 Å². The Morgan fingerprint density at radius 1 is 0.287 bits per heavy atom. The number of carbonyl (C=O) groups is 4. The molecular weight excluding hydrogens is 1400 g/mol. The Morgan fingerprint density at radius 3 is 0.759 bits per heavy atom. The first-order valence-electron chi connectivity index (χ1n) is 45.5. The predicted molar refractivity (Wildman–Crippen MR) is 446 cm³/mol. The molecule has 2 unspecified atom stereocenters. The molecule has 0 aromatic heterocycles. The number of hydrogen-bond acceptors (Lipinski definition) is 15. The normalized spacial score (nSPS) is 13.9. The van der Waals surface area contributed by atoms with Crippen molar-refractivity contribution in [2.45, 2.75) is 477 Å². The summed E-state index contributed by atoms with van der Waals surface area (Å²) in [4.78, 5) is 73.3. The van der Waals surface area contributed by atoms with Crippen LogP contribution in [0.15, 0.2) is 24.3 Å². The number of rotatable bonds is 87. The molecule has 0 heterocycles. The summed E-state index contributed by atoms with van der Waals surface area (Å²) in [5.74, 6) is -1.31. The van der Waals surface area contributed by atoms with Gasteiger partial charge in [0.25, 0.3) is 0 Å². The van der Waals surface area contributed by atoms with E-state index in [9.17, 15) is 43.2 Å². The van der Waals surface area contributed by atoms with Crippen LogP contribution >= 0.6 is 15.6 Å². The lowest BCUT2D eigenvalue weighted by atomic mass is 10.0. The number of ether oxygens (including phenoxy) is 4. The first-order valence-corrected chi connectivity index (χ1v) is 48.4. The summed E-state index contributed by atoms with van der Waals surface area (Å²) in [5, 5.41) is 10.7. The van der Waals surface area contributed by atoms with E-state index in [-0.39, 0.29) is 25.7 Å². The smallest absolute Gasteiger partial charge is 0.462 e. The van der Waals surface area contributed by atoms with Gasteiger partial charge in [0.05, 0.1) is 26.4 Å². The van der Waals surface area contributed by atoms with Crippen LogP contribution in [0.5, 0.6) is 0 Å². The molecule has 0 aliphatic rings. The highest BCUT2D eigenvalue weighted by Gasteiger charge is 2.30. The third kappa shape index (κ3) is 81.6. The van der Waals surface area contributed by atoms with Crippen molar-refractivity contribution in [3.63, 3.8) is 0 Å². The molecule has 17 nitrogen and oxygen atoms in total. The molecule has 3 N–H and O–H groups in total. The van der Waals surface area contributed by atoms with Crippen LogP contribution in [0, 0.1) is 5.92 Å². The number of unbranched alkanes of at least 4 members (excludes halogenated alkanes) is 56. The Labute approximate surface area is 663 Å². The summed E-state index contributed by atoms with van der Waals surface area (Å²) in [5.41, 5.74) is 0. The third-order valence-corrected chi connectivity index (χ3v) is 22.3. The van der Waals surface area contributed by atoms with E-state index in [0.717, 1.165) is 109 Å². The molecule has 0 amide bonds. The second-order valence-corrected chi connectivity index (χ2v) is 34.7. The van der Waals surface area contributed by atoms with Gasteiger partial charge >= 0.3 is 39.5 Å².